The van der Waals surface area contributed by atoms with Crippen LogP contribution in [0.1, 0.15) is 27.6 Å². The Morgan fingerprint density at radius 2 is 1.40 bits per heavy atom. The van der Waals surface area contributed by atoms with E-state index < -0.39 is 22.1 Å². The predicted molar refractivity (Wildman–Crippen MR) is 137 cm³/mol. The van der Waals surface area contributed by atoms with Crippen LogP contribution in [0, 0.1) is 6.92 Å². The van der Waals surface area contributed by atoms with Gasteiger partial charge in [0.2, 0.25) is 10.0 Å². The molecule has 0 bridgehead atoms. The molecule has 7 heteroatoms. The minimum Gasteiger partial charge on any atom is -0.452 e. The smallest absolute Gasteiger partial charge is 0.340 e. The quantitative estimate of drug-likeness (QED) is 0.300. The lowest BCUT2D eigenvalue weighted by Gasteiger charge is -2.20. The van der Waals surface area contributed by atoms with E-state index in [-0.39, 0.29) is 11.4 Å². The number of carbonyl (C=O) groups excluding carboxylic acids is 1. The molecule has 0 amide bonds. The van der Waals surface area contributed by atoms with Crippen molar-refractivity contribution < 1.29 is 17.9 Å². The number of hydrogen-bond donors (Lipinski definition) is 2. The van der Waals surface area contributed by atoms with Crippen LogP contribution >= 0.6 is 0 Å². The van der Waals surface area contributed by atoms with Gasteiger partial charge in [-0.15, -0.1) is 0 Å². The van der Waals surface area contributed by atoms with Crippen molar-refractivity contribution in [2.45, 2.75) is 17.9 Å². The molecular formula is C28H26N2O4S. The van der Waals surface area contributed by atoms with Crippen LogP contribution < -0.4 is 10.0 Å². The molecule has 0 aliphatic carbocycles. The van der Waals surface area contributed by atoms with Gasteiger partial charge in [0.25, 0.3) is 0 Å². The highest BCUT2D eigenvalue weighted by Crippen LogP contribution is 2.25. The van der Waals surface area contributed by atoms with E-state index in [0.29, 0.717) is 16.8 Å². The second-order valence-corrected chi connectivity index (χ2v) is 9.77. The van der Waals surface area contributed by atoms with Crippen molar-refractivity contribution in [2.75, 3.05) is 11.9 Å². The second kappa shape index (κ2) is 11.0. The average molecular weight is 487 g/mol. The van der Waals surface area contributed by atoms with Gasteiger partial charge in [-0.25, -0.2) is 17.9 Å². The van der Waals surface area contributed by atoms with Crippen molar-refractivity contribution >= 4 is 27.4 Å². The number of aryl methyl sites for hydroxylation is 1. The third-order valence-corrected chi connectivity index (χ3v) is 6.85. The second-order valence-electron chi connectivity index (χ2n) is 8.01. The largest absolute Gasteiger partial charge is 0.452 e. The zero-order valence-electron chi connectivity index (χ0n) is 19.2. The number of para-hydroxylation sites is 2. The zero-order valence-corrected chi connectivity index (χ0v) is 20.0. The van der Waals surface area contributed by atoms with Gasteiger partial charge in [0, 0.05) is 5.69 Å². The lowest BCUT2D eigenvalue weighted by atomic mass is 10.1. The Morgan fingerprint density at radius 1 is 0.800 bits per heavy atom. The number of esters is 1. The molecule has 0 aromatic heterocycles. The Labute approximate surface area is 205 Å². The van der Waals surface area contributed by atoms with Crippen LogP contribution in [0.4, 0.5) is 11.4 Å². The lowest BCUT2D eigenvalue weighted by molar-refractivity contribution is 0.0309. The van der Waals surface area contributed by atoms with Crippen LogP contribution in [-0.2, 0) is 14.8 Å². The van der Waals surface area contributed by atoms with Crippen LogP contribution in [0.5, 0.6) is 0 Å². The zero-order chi connectivity index (χ0) is 24.7. The van der Waals surface area contributed by atoms with Crippen molar-refractivity contribution in [2.24, 2.45) is 0 Å². The maximum Gasteiger partial charge on any atom is 0.340 e. The molecule has 4 aromatic rings. The molecule has 178 valence electrons. The van der Waals surface area contributed by atoms with Crippen molar-refractivity contribution in [3.8, 4) is 0 Å². The fourth-order valence-corrected chi connectivity index (χ4v) is 4.55. The summed E-state index contributed by atoms with van der Waals surface area (Å²) in [6.07, 6.45) is -0.825. The fraction of sp³-hybridized carbons (Fsp3) is 0.107. The summed E-state index contributed by atoms with van der Waals surface area (Å²) in [5.41, 5.74) is 3.41. The van der Waals surface area contributed by atoms with Gasteiger partial charge in [0.15, 0.2) is 0 Å². The molecule has 0 radical (unpaired) electrons. The Hall–Kier alpha value is -3.94. The van der Waals surface area contributed by atoms with E-state index in [1.54, 1.807) is 54.6 Å². The summed E-state index contributed by atoms with van der Waals surface area (Å²) in [6.45, 7) is 1.78. The molecule has 2 N–H and O–H groups in total. The van der Waals surface area contributed by atoms with Crippen LogP contribution in [-0.4, -0.2) is 20.9 Å². The number of benzene rings is 4. The van der Waals surface area contributed by atoms with E-state index in [1.807, 2.05) is 61.5 Å². The van der Waals surface area contributed by atoms with Gasteiger partial charge >= 0.3 is 5.97 Å². The van der Waals surface area contributed by atoms with Crippen molar-refractivity contribution in [1.82, 2.24) is 4.72 Å². The summed E-state index contributed by atoms with van der Waals surface area (Å²) in [4.78, 5) is 13.4. The number of ether oxygens (including phenoxy) is 1. The third kappa shape index (κ3) is 6.35. The molecule has 0 fully saturated rings. The number of nitrogens with one attached hydrogen (secondary N) is 2. The molecule has 6 nitrogen and oxygen atoms in total. The molecule has 0 saturated carbocycles. The Kier molecular flexibility index (Phi) is 7.60. The van der Waals surface area contributed by atoms with Crippen molar-refractivity contribution in [1.29, 1.82) is 0 Å². The van der Waals surface area contributed by atoms with Crippen molar-refractivity contribution in [3.05, 3.63) is 126 Å². The number of hydrogen-bond acceptors (Lipinski definition) is 5. The fourth-order valence-electron chi connectivity index (χ4n) is 3.52. The first-order valence-electron chi connectivity index (χ1n) is 11.2. The van der Waals surface area contributed by atoms with Gasteiger partial charge in [-0.1, -0.05) is 78.4 Å². The summed E-state index contributed by atoms with van der Waals surface area (Å²) in [5, 5.41) is 3.24. The van der Waals surface area contributed by atoms with Gasteiger partial charge in [0.05, 0.1) is 22.7 Å². The SMILES string of the molecule is Cc1ccc(S(=O)(=O)NCC(OC(=O)c2ccccc2Nc2ccccc2)c2ccccc2)cc1. The highest BCUT2D eigenvalue weighted by atomic mass is 32.2. The predicted octanol–water partition coefficient (Wildman–Crippen LogP) is 5.62. The summed E-state index contributed by atoms with van der Waals surface area (Å²) in [6, 6.07) is 32.2. The van der Waals surface area contributed by atoms with E-state index in [2.05, 4.69) is 10.0 Å². The van der Waals surface area contributed by atoms with Crippen LogP contribution in [0.2, 0.25) is 0 Å². The first-order valence-corrected chi connectivity index (χ1v) is 12.6. The molecule has 0 aliphatic heterocycles. The highest BCUT2D eigenvalue weighted by Gasteiger charge is 2.23. The van der Waals surface area contributed by atoms with Crippen LogP contribution in [0.3, 0.4) is 0 Å². The van der Waals surface area contributed by atoms with Gasteiger partial charge in [-0.3, -0.25) is 0 Å². The Bertz CT molecular complexity index is 1370. The number of sulfonamides is 1. The monoisotopic (exact) mass is 486 g/mol. The molecule has 4 rings (SSSR count). The minimum atomic E-state index is -3.78. The molecular weight excluding hydrogens is 460 g/mol. The van der Waals surface area contributed by atoms with E-state index in [0.717, 1.165) is 11.3 Å². The van der Waals surface area contributed by atoms with Gasteiger partial charge < -0.3 is 10.1 Å². The molecule has 0 saturated heterocycles. The first kappa shape index (κ1) is 24.2. The summed E-state index contributed by atoms with van der Waals surface area (Å²) >= 11 is 0. The van der Waals surface area contributed by atoms with E-state index >= 15 is 0 Å². The maximum atomic E-state index is 13.2. The first-order chi connectivity index (χ1) is 16.9. The third-order valence-electron chi connectivity index (χ3n) is 5.41. The standard InChI is InChI=1S/C28H26N2O4S/c1-21-16-18-24(19-17-21)35(32,33)29-20-27(22-10-4-2-5-11-22)34-28(31)25-14-8-9-15-26(25)30-23-12-6-3-7-13-23/h2-19,27,29-30H,20H2,1H3. The van der Waals surface area contributed by atoms with E-state index in [4.69, 9.17) is 4.74 Å². The topological polar surface area (TPSA) is 84.5 Å². The number of anilines is 2. The summed E-state index contributed by atoms with van der Waals surface area (Å²) < 4.78 is 34.1. The molecule has 0 heterocycles. The lowest BCUT2D eigenvalue weighted by Crippen LogP contribution is -2.30. The Balaban J connectivity index is 1.55. The van der Waals surface area contributed by atoms with E-state index in [1.165, 1.54) is 0 Å². The summed E-state index contributed by atoms with van der Waals surface area (Å²) in [5.74, 6) is -0.563. The Morgan fingerprint density at radius 3 is 2.09 bits per heavy atom. The normalized spacial score (nSPS) is 12.0. The highest BCUT2D eigenvalue weighted by molar-refractivity contribution is 7.89. The molecule has 35 heavy (non-hydrogen) atoms. The average Bonchev–Trinajstić information content (AvgIpc) is 2.88. The number of carbonyl (C=O) groups is 1. The molecule has 0 spiro atoms. The molecule has 1 unspecified atom stereocenters. The van der Waals surface area contributed by atoms with Gasteiger partial charge in [0.1, 0.15) is 6.10 Å². The summed E-state index contributed by atoms with van der Waals surface area (Å²) in [7, 11) is -3.78. The van der Waals surface area contributed by atoms with Crippen LogP contribution in [0.15, 0.2) is 114 Å². The molecule has 4 aromatic carbocycles. The van der Waals surface area contributed by atoms with Gasteiger partial charge in [-0.05, 0) is 48.9 Å². The molecule has 0 aliphatic rings. The van der Waals surface area contributed by atoms with Crippen molar-refractivity contribution in [3.63, 3.8) is 0 Å². The maximum absolute atomic E-state index is 13.2. The molecule has 1 atom stereocenters. The number of rotatable bonds is 9. The van der Waals surface area contributed by atoms with E-state index in [9.17, 15) is 13.2 Å². The van der Waals surface area contributed by atoms with Gasteiger partial charge in [-0.2, -0.15) is 0 Å². The van der Waals surface area contributed by atoms with Crippen LogP contribution in [0.25, 0.3) is 0 Å². The minimum absolute atomic E-state index is 0.111.